The van der Waals surface area contributed by atoms with E-state index < -0.39 is 0 Å². The van der Waals surface area contributed by atoms with Gasteiger partial charge in [0.2, 0.25) is 0 Å². The highest BCUT2D eigenvalue weighted by Gasteiger charge is 2.22. The first-order valence-electron chi connectivity index (χ1n) is 17.7. The number of hydrogen-bond acceptors (Lipinski definition) is 3. The molecule has 0 fully saturated rings. The van der Waals surface area contributed by atoms with Crippen molar-refractivity contribution in [1.29, 1.82) is 0 Å². The van der Waals surface area contributed by atoms with Crippen molar-refractivity contribution in [1.82, 2.24) is 19.3 Å². The number of hydrogen-bond donors (Lipinski definition) is 0. The van der Waals surface area contributed by atoms with Crippen molar-refractivity contribution in [3.8, 4) is 56.4 Å². The van der Waals surface area contributed by atoms with Gasteiger partial charge in [0.1, 0.15) is 23.1 Å². The number of benzene rings is 6. The highest BCUT2D eigenvalue weighted by atomic mass is 19.1. The maximum absolute atomic E-state index is 14.4. The standard InChI is InChI=1S/C47H35FN4O/c1-30-25-36(28-38(26-30)53-37-21-22-42-41-17-10-11-20-43(41)51(44(42)29-37)45-27-35(48)23-24-49-45)52-32(3)46(31(2)50-52)47-39(33-13-6-4-7-14-33)18-12-19-40(47)34-15-8-5-9-16-34/h4-29H,1-3H3. The predicted molar refractivity (Wildman–Crippen MR) is 213 cm³/mol. The van der Waals surface area contributed by atoms with E-state index in [-0.39, 0.29) is 5.82 Å². The minimum atomic E-state index is -0.340. The van der Waals surface area contributed by atoms with Gasteiger partial charge in [0.05, 0.1) is 22.4 Å². The lowest BCUT2D eigenvalue weighted by molar-refractivity contribution is 0.482. The van der Waals surface area contributed by atoms with Crippen LogP contribution in [0.3, 0.4) is 0 Å². The molecule has 0 aliphatic rings. The Morgan fingerprint density at radius 3 is 1.96 bits per heavy atom. The monoisotopic (exact) mass is 690 g/mol. The second-order valence-corrected chi connectivity index (χ2v) is 13.4. The Hall–Kier alpha value is -6.79. The summed E-state index contributed by atoms with van der Waals surface area (Å²) >= 11 is 0. The third kappa shape index (κ3) is 5.75. The molecule has 0 N–H and O–H groups in total. The first kappa shape index (κ1) is 32.1. The molecule has 53 heavy (non-hydrogen) atoms. The van der Waals surface area contributed by atoms with E-state index in [0.717, 1.165) is 77.8 Å². The zero-order valence-electron chi connectivity index (χ0n) is 29.6. The smallest absolute Gasteiger partial charge is 0.140 e. The van der Waals surface area contributed by atoms with E-state index in [9.17, 15) is 4.39 Å². The van der Waals surface area contributed by atoms with Gasteiger partial charge in [0.25, 0.3) is 0 Å². The van der Waals surface area contributed by atoms with Crippen LogP contribution in [-0.4, -0.2) is 19.3 Å². The summed E-state index contributed by atoms with van der Waals surface area (Å²) in [6.07, 6.45) is 1.49. The van der Waals surface area contributed by atoms with Crippen LogP contribution in [0.2, 0.25) is 0 Å². The Morgan fingerprint density at radius 2 is 1.25 bits per heavy atom. The van der Waals surface area contributed by atoms with Gasteiger partial charge >= 0.3 is 0 Å². The summed E-state index contributed by atoms with van der Waals surface area (Å²) < 4.78 is 25.0. The molecule has 9 rings (SSSR count). The van der Waals surface area contributed by atoms with Gasteiger partial charge in [-0.15, -0.1) is 0 Å². The first-order valence-corrected chi connectivity index (χ1v) is 17.7. The quantitative estimate of drug-likeness (QED) is 0.167. The van der Waals surface area contributed by atoms with E-state index in [1.807, 2.05) is 51.7 Å². The maximum Gasteiger partial charge on any atom is 0.140 e. The molecule has 0 saturated heterocycles. The Kier molecular flexibility index (Phi) is 7.93. The van der Waals surface area contributed by atoms with Gasteiger partial charge in [-0.25, -0.2) is 14.1 Å². The third-order valence-electron chi connectivity index (χ3n) is 9.87. The fourth-order valence-corrected chi connectivity index (χ4v) is 7.62. The summed E-state index contributed by atoms with van der Waals surface area (Å²) in [6, 6.07) is 50.8. The second kappa shape index (κ2) is 13.1. The molecule has 5 nitrogen and oxygen atoms in total. The van der Waals surface area contributed by atoms with Crippen LogP contribution < -0.4 is 4.74 Å². The Balaban J connectivity index is 1.15. The molecule has 9 aromatic rings. The first-order chi connectivity index (χ1) is 25.9. The molecule has 6 heteroatoms. The number of halogens is 1. The molecule has 0 spiro atoms. The molecule has 3 heterocycles. The summed E-state index contributed by atoms with van der Waals surface area (Å²) in [5.41, 5.74) is 12.6. The van der Waals surface area contributed by atoms with E-state index in [4.69, 9.17) is 9.84 Å². The second-order valence-electron chi connectivity index (χ2n) is 13.4. The molecule has 256 valence electrons. The predicted octanol–water partition coefficient (Wildman–Crippen LogP) is 12.2. The average molecular weight is 691 g/mol. The molecule has 0 aliphatic carbocycles. The van der Waals surface area contributed by atoms with Crippen LogP contribution >= 0.6 is 0 Å². The van der Waals surface area contributed by atoms with Crippen LogP contribution in [0.1, 0.15) is 17.0 Å². The number of ether oxygens (including phenoxy) is 1. The van der Waals surface area contributed by atoms with Crippen LogP contribution in [0.15, 0.2) is 158 Å². The van der Waals surface area contributed by atoms with Gasteiger partial charge in [-0.2, -0.15) is 5.10 Å². The summed E-state index contributed by atoms with van der Waals surface area (Å²) in [6.45, 7) is 6.30. The van der Waals surface area contributed by atoms with Crippen LogP contribution in [0, 0.1) is 26.6 Å². The topological polar surface area (TPSA) is 44.9 Å². The van der Waals surface area contributed by atoms with Gasteiger partial charge in [-0.3, -0.25) is 4.57 Å². The van der Waals surface area contributed by atoms with E-state index in [2.05, 4.69) is 123 Å². The van der Waals surface area contributed by atoms with Gasteiger partial charge in [-0.05, 0) is 85.0 Å². The van der Waals surface area contributed by atoms with Gasteiger partial charge in [0.15, 0.2) is 0 Å². The lowest BCUT2D eigenvalue weighted by atomic mass is 9.87. The molecule has 0 radical (unpaired) electrons. The molecule has 0 atom stereocenters. The van der Waals surface area contributed by atoms with Crippen LogP contribution in [0.4, 0.5) is 4.39 Å². The Labute approximate surface area is 307 Å². The largest absolute Gasteiger partial charge is 0.457 e. The molecule has 0 amide bonds. The summed E-state index contributed by atoms with van der Waals surface area (Å²) in [5, 5.41) is 7.24. The minimum Gasteiger partial charge on any atom is -0.457 e. The van der Waals surface area contributed by atoms with E-state index in [1.165, 1.54) is 18.3 Å². The van der Waals surface area contributed by atoms with Crippen LogP contribution in [0.25, 0.3) is 66.7 Å². The van der Waals surface area contributed by atoms with Crippen molar-refractivity contribution in [2.75, 3.05) is 0 Å². The number of fused-ring (bicyclic) bond motifs is 3. The van der Waals surface area contributed by atoms with Crippen molar-refractivity contribution in [2.24, 2.45) is 0 Å². The van der Waals surface area contributed by atoms with Gasteiger partial charge in [0, 0.05) is 52.0 Å². The lowest BCUT2D eigenvalue weighted by Gasteiger charge is -2.17. The molecule has 0 saturated carbocycles. The maximum atomic E-state index is 14.4. The van der Waals surface area contributed by atoms with E-state index in [0.29, 0.717) is 17.3 Å². The summed E-state index contributed by atoms with van der Waals surface area (Å²) in [5.74, 6) is 1.52. The van der Waals surface area contributed by atoms with E-state index in [1.54, 1.807) is 0 Å². The molecule has 6 aromatic carbocycles. The summed E-state index contributed by atoms with van der Waals surface area (Å²) in [4.78, 5) is 4.51. The zero-order chi connectivity index (χ0) is 36.1. The van der Waals surface area contributed by atoms with Crippen molar-refractivity contribution < 1.29 is 9.13 Å². The number of para-hydroxylation sites is 1. The molecule has 0 aliphatic heterocycles. The lowest BCUT2D eigenvalue weighted by Crippen LogP contribution is -2.01. The fourth-order valence-electron chi connectivity index (χ4n) is 7.62. The number of aromatic nitrogens is 4. The third-order valence-corrected chi connectivity index (χ3v) is 9.87. The Morgan fingerprint density at radius 1 is 0.566 bits per heavy atom. The molecular weight excluding hydrogens is 656 g/mol. The van der Waals surface area contributed by atoms with Gasteiger partial charge < -0.3 is 4.74 Å². The average Bonchev–Trinajstić information content (AvgIpc) is 3.67. The molecule has 3 aromatic heterocycles. The molecule has 0 bridgehead atoms. The van der Waals surface area contributed by atoms with E-state index >= 15 is 0 Å². The number of rotatable bonds is 7. The SMILES string of the molecule is Cc1cc(Oc2ccc3c4ccccc4n(-c4cc(F)ccn4)c3c2)cc(-n2nc(C)c(-c3c(-c4ccccc4)cccc3-c3ccccc3)c2C)c1. The normalized spacial score (nSPS) is 11.4. The fraction of sp³-hybridized carbons (Fsp3) is 0.0638. The van der Waals surface area contributed by atoms with Crippen molar-refractivity contribution >= 4 is 21.8 Å². The van der Waals surface area contributed by atoms with Gasteiger partial charge in [-0.1, -0.05) is 97.1 Å². The van der Waals surface area contributed by atoms with Crippen molar-refractivity contribution in [2.45, 2.75) is 20.8 Å². The minimum absolute atomic E-state index is 0.340. The zero-order valence-corrected chi connectivity index (χ0v) is 29.6. The van der Waals surface area contributed by atoms with Crippen molar-refractivity contribution in [3.63, 3.8) is 0 Å². The highest BCUT2D eigenvalue weighted by Crippen LogP contribution is 2.43. The molecular formula is C47H35FN4O. The number of pyridine rings is 1. The Bertz CT molecular complexity index is 2740. The summed E-state index contributed by atoms with van der Waals surface area (Å²) in [7, 11) is 0. The number of aryl methyl sites for hydroxylation is 2. The van der Waals surface area contributed by atoms with Crippen molar-refractivity contribution in [3.05, 3.63) is 181 Å². The number of nitrogens with zero attached hydrogens (tertiary/aromatic N) is 4. The highest BCUT2D eigenvalue weighted by molar-refractivity contribution is 6.09. The van der Waals surface area contributed by atoms with Crippen LogP contribution in [-0.2, 0) is 0 Å². The van der Waals surface area contributed by atoms with Crippen LogP contribution in [0.5, 0.6) is 11.5 Å². The molecule has 0 unspecified atom stereocenters.